The summed E-state index contributed by atoms with van der Waals surface area (Å²) in [4.78, 5) is 14.5. The van der Waals surface area contributed by atoms with Gasteiger partial charge in [-0.05, 0) is 43.5 Å². The maximum absolute atomic E-state index is 12.7. The Morgan fingerprint density at radius 3 is 2.53 bits per heavy atom. The van der Waals surface area contributed by atoms with Crippen LogP contribution in [0.4, 0.5) is 0 Å². The van der Waals surface area contributed by atoms with E-state index in [2.05, 4.69) is 22.3 Å². The number of likely N-dealkylation sites (N-methyl/N-ethyl adjacent to an activating group) is 1. The number of nitrogens with zero attached hydrogens (tertiary/aromatic N) is 2. The Kier molecular flexibility index (Phi) is 8.30. The zero-order valence-corrected chi connectivity index (χ0v) is 19.5. The fraction of sp³-hybridized carbons (Fsp3) is 0.476. The number of hydrogen-bond acceptors (Lipinski definition) is 5. The van der Waals surface area contributed by atoms with Gasteiger partial charge in [-0.1, -0.05) is 41.9 Å². The highest BCUT2D eigenvalue weighted by atomic mass is 35.5. The molecule has 3 rings (SSSR count). The van der Waals surface area contributed by atoms with Crippen molar-refractivity contribution in [3.05, 3.63) is 52.4 Å². The standard InChI is InChI=1S/C21H28ClN3O3S2/c1-24(16-18-5-3-2-4-6-18)14-11-23-20(26)15-17-9-12-25(13-10-17)30(27,28)21-8-7-19(22)29-21/h2-8,17H,9-16H2,1H3,(H,23,26). The summed E-state index contributed by atoms with van der Waals surface area (Å²) in [6, 6.07) is 13.4. The van der Waals surface area contributed by atoms with Gasteiger partial charge in [-0.25, -0.2) is 8.42 Å². The summed E-state index contributed by atoms with van der Waals surface area (Å²) >= 11 is 6.95. The first kappa shape index (κ1) is 23.2. The molecule has 1 aromatic carbocycles. The Labute approximate surface area is 187 Å². The maximum atomic E-state index is 12.7. The largest absolute Gasteiger partial charge is 0.355 e. The molecule has 1 fully saturated rings. The molecular weight excluding hydrogens is 442 g/mol. The van der Waals surface area contributed by atoms with Crippen molar-refractivity contribution in [1.29, 1.82) is 0 Å². The molecule has 0 saturated carbocycles. The molecule has 0 radical (unpaired) electrons. The number of thiophene rings is 1. The molecule has 30 heavy (non-hydrogen) atoms. The Balaban J connectivity index is 1.36. The van der Waals surface area contributed by atoms with Gasteiger partial charge in [-0.15, -0.1) is 11.3 Å². The lowest BCUT2D eigenvalue weighted by atomic mass is 9.94. The minimum absolute atomic E-state index is 0.0365. The van der Waals surface area contributed by atoms with Crippen LogP contribution in [-0.4, -0.2) is 56.8 Å². The van der Waals surface area contributed by atoms with Crippen LogP contribution >= 0.6 is 22.9 Å². The Morgan fingerprint density at radius 2 is 1.90 bits per heavy atom. The summed E-state index contributed by atoms with van der Waals surface area (Å²) in [6.07, 6.45) is 1.83. The van der Waals surface area contributed by atoms with Crippen LogP contribution in [0.25, 0.3) is 0 Å². The first-order valence-corrected chi connectivity index (χ1v) is 12.7. The molecule has 1 aliphatic heterocycles. The van der Waals surface area contributed by atoms with E-state index in [0.717, 1.165) is 24.4 Å². The molecule has 0 spiro atoms. The molecule has 2 heterocycles. The number of carbonyl (C=O) groups is 1. The zero-order valence-electron chi connectivity index (χ0n) is 17.1. The van der Waals surface area contributed by atoms with E-state index in [-0.39, 0.29) is 16.0 Å². The van der Waals surface area contributed by atoms with E-state index < -0.39 is 10.0 Å². The van der Waals surface area contributed by atoms with E-state index in [1.165, 1.54) is 9.87 Å². The van der Waals surface area contributed by atoms with E-state index >= 15 is 0 Å². The molecule has 1 saturated heterocycles. The van der Waals surface area contributed by atoms with Crippen molar-refractivity contribution in [2.75, 3.05) is 33.2 Å². The lowest BCUT2D eigenvalue weighted by molar-refractivity contribution is -0.122. The second-order valence-corrected chi connectivity index (χ2v) is 11.6. The average molecular weight is 470 g/mol. The maximum Gasteiger partial charge on any atom is 0.252 e. The van der Waals surface area contributed by atoms with Crippen LogP contribution in [0.1, 0.15) is 24.8 Å². The van der Waals surface area contributed by atoms with Crippen molar-refractivity contribution < 1.29 is 13.2 Å². The minimum atomic E-state index is -3.48. The van der Waals surface area contributed by atoms with Gasteiger partial charge in [0.1, 0.15) is 4.21 Å². The molecule has 0 bridgehead atoms. The molecule has 0 unspecified atom stereocenters. The molecule has 1 amide bonds. The first-order valence-electron chi connectivity index (χ1n) is 10.1. The number of halogens is 1. The van der Waals surface area contributed by atoms with Crippen molar-refractivity contribution in [3.8, 4) is 0 Å². The van der Waals surface area contributed by atoms with Gasteiger partial charge in [0.25, 0.3) is 10.0 Å². The van der Waals surface area contributed by atoms with Gasteiger partial charge in [-0.3, -0.25) is 4.79 Å². The molecule has 0 atom stereocenters. The number of hydrogen-bond donors (Lipinski definition) is 1. The zero-order chi connectivity index (χ0) is 21.6. The van der Waals surface area contributed by atoms with Crippen LogP contribution in [-0.2, 0) is 21.4 Å². The van der Waals surface area contributed by atoms with Gasteiger partial charge in [0.05, 0.1) is 4.34 Å². The van der Waals surface area contributed by atoms with Crippen LogP contribution in [0.3, 0.4) is 0 Å². The fourth-order valence-electron chi connectivity index (χ4n) is 3.61. The van der Waals surface area contributed by atoms with E-state index in [0.29, 0.717) is 43.2 Å². The fourth-order valence-corrected chi connectivity index (χ4v) is 6.72. The number of nitrogens with one attached hydrogen (secondary N) is 1. The highest BCUT2D eigenvalue weighted by molar-refractivity contribution is 7.91. The van der Waals surface area contributed by atoms with Crippen LogP contribution in [0.5, 0.6) is 0 Å². The molecule has 1 aliphatic rings. The SMILES string of the molecule is CN(CCNC(=O)CC1CCN(S(=O)(=O)c2ccc(Cl)s2)CC1)Cc1ccccc1. The lowest BCUT2D eigenvalue weighted by Gasteiger charge is -2.30. The number of sulfonamides is 1. The molecular formula is C21H28ClN3O3S2. The predicted octanol–water partition coefficient (Wildman–Crippen LogP) is 3.44. The highest BCUT2D eigenvalue weighted by Crippen LogP contribution is 2.31. The number of piperidine rings is 1. The molecule has 1 aromatic heterocycles. The number of carbonyl (C=O) groups excluding carboxylic acids is 1. The van der Waals surface area contributed by atoms with E-state index in [1.807, 2.05) is 25.2 Å². The second-order valence-electron chi connectivity index (χ2n) is 7.68. The monoisotopic (exact) mass is 469 g/mol. The predicted molar refractivity (Wildman–Crippen MR) is 121 cm³/mol. The number of amides is 1. The normalized spacial score (nSPS) is 16.1. The quantitative estimate of drug-likeness (QED) is 0.610. The second kappa shape index (κ2) is 10.7. The smallest absolute Gasteiger partial charge is 0.252 e. The van der Waals surface area contributed by atoms with Crippen LogP contribution in [0.15, 0.2) is 46.7 Å². The van der Waals surface area contributed by atoms with Gasteiger partial charge in [0, 0.05) is 39.1 Å². The lowest BCUT2D eigenvalue weighted by Crippen LogP contribution is -2.40. The van der Waals surface area contributed by atoms with Gasteiger partial charge in [0.15, 0.2) is 0 Å². The van der Waals surface area contributed by atoms with Crippen molar-refractivity contribution >= 4 is 38.9 Å². The number of benzene rings is 1. The molecule has 6 nitrogen and oxygen atoms in total. The van der Waals surface area contributed by atoms with E-state index in [4.69, 9.17) is 11.6 Å². The summed E-state index contributed by atoms with van der Waals surface area (Å²) in [5.41, 5.74) is 1.25. The third-order valence-corrected chi connectivity index (χ3v) is 8.90. The van der Waals surface area contributed by atoms with Crippen LogP contribution in [0, 0.1) is 5.92 Å². The van der Waals surface area contributed by atoms with Gasteiger partial charge in [0.2, 0.25) is 5.91 Å². The Hall–Kier alpha value is -1.45. The minimum Gasteiger partial charge on any atom is -0.355 e. The molecule has 2 aromatic rings. The van der Waals surface area contributed by atoms with Crippen molar-refractivity contribution in [2.24, 2.45) is 5.92 Å². The summed E-state index contributed by atoms with van der Waals surface area (Å²) in [5.74, 6) is 0.250. The number of rotatable bonds is 9. The van der Waals surface area contributed by atoms with Gasteiger partial charge in [-0.2, -0.15) is 4.31 Å². The van der Waals surface area contributed by atoms with E-state index in [9.17, 15) is 13.2 Å². The third-order valence-electron chi connectivity index (χ3n) is 5.30. The molecule has 164 valence electrons. The summed E-state index contributed by atoms with van der Waals surface area (Å²) in [6.45, 7) is 3.11. The highest BCUT2D eigenvalue weighted by Gasteiger charge is 2.31. The van der Waals surface area contributed by atoms with Crippen LogP contribution in [0.2, 0.25) is 4.34 Å². The molecule has 9 heteroatoms. The van der Waals surface area contributed by atoms with E-state index in [1.54, 1.807) is 12.1 Å². The average Bonchev–Trinajstić information content (AvgIpc) is 3.16. The Bertz CT molecular complexity index is 926. The molecule has 0 aliphatic carbocycles. The van der Waals surface area contributed by atoms with Crippen LogP contribution < -0.4 is 5.32 Å². The topological polar surface area (TPSA) is 69.7 Å². The summed E-state index contributed by atoms with van der Waals surface area (Å²) in [5, 5.41) is 2.99. The van der Waals surface area contributed by atoms with Crippen molar-refractivity contribution in [1.82, 2.24) is 14.5 Å². The summed E-state index contributed by atoms with van der Waals surface area (Å²) in [7, 11) is -1.44. The summed E-state index contributed by atoms with van der Waals surface area (Å²) < 4.78 is 27.6. The van der Waals surface area contributed by atoms with Crippen molar-refractivity contribution in [3.63, 3.8) is 0 Å². The van der Waals surface area contributed by atoms with Gasteiger partial charge < -0.3 is 10.2 Å². The molecule has 1 N–H and O–H groups in total. The van der Waals surface area contributed by atoms with Crippen molar-refractivity contribution in [2.45, 2.75) is 30.0 Å². The third kappa shape index (κ3) is 6.52. The van der Waals surface area contributed by atoms with Gasteiger partial charge >= 0.3 is 0 Å². The Morgan fingerprint density at radius 1 is 1.20 bits per heavy atom. The first-order chi connectivity index (χ1) is 14.3.